The second-order valence-corrected chi connectivity index (χ2v) is 3.43. The summed E-state index contributed by atoms with van der Waals surface area (Å²) in [5.41, 5.74) is -0.277. The minimum atomic E-state index is -0.277. The summed E-state index contributed by atoms with van der Waals surface area (Å²) in [6.07, 6.45) is 0.447. The quantitative estimate of drug-likeness (QED) is 0.507. The molecule has 0 spiro atoms. The second-order valence-electron chi connectivity index (χ2n) is 3.14. The molecule has 1 rings (SSSR count). The van der Waals surface area contributed by atoms with Crippen LogP contribution in [0.3, 0.4) is 0 Å². The van der Waals surface area contributed by atoms with E-state index in [-0.39, 0.29) is 11.4 Å². The highest BCUT2D eigenvalue weighted by atomic mass is 31.0. The summed E-state index contributed by atoms with van der Waals surface area (Å²) in [5, 5.41) is 5.33. The van der Waals surface area contributed by atoms with Gasteiger partial charge in [0.15, 0.2) is 0 Å². The van der Waals surface area contributed by atoms with Crippen LogP contribution in [-0.2, 0) is 4.79 Å². The maximum absolute atomic E-state index is 11.0. The Morgan fingerprint density at radius 2 is 2.36 bits per heavy atom. The van der Waals surface area contributed by atoms with E-state index in [0.29, 0.717) is 12.4 Å². The van der Waals surface area contributed by atoms with Gasteiger partial charge in [-0.3, -0.25) is 10.1 Å². The van der Waals surface area contributed by atoms with Gasteiger partial charge in [-0.15, -0.1) is 0 Å². The van der Waals surface area contributed by atoms with Gasteiger partial charge in [-0.1, -0.05) is 0 Å². The van der Waals surface area contributed by atoms with Crippen LogP contribution < -0.4 is 10.4 Å². The second kappa shape index (κ2) is 2.78. The molecule has 1 atom stereocenters. The SMILES string of the molecule is CC1(C)CC(=O)NC(NP)=N1. The van der Waals surface area contributed by atoms with Crippen LogP contribution in [0.4, 0.5) is 0 Å². The molecule has 4 nitrogen and oxygen atoms in total. The molecule has 0 aromatic heterocycles. The first-order valence-electron chi connectivity index (χ1n) is 3.40. The van der Waals surface area contributed by atoms with Gasteiger partial charge >= 0.3 is 0 Å². The van der Waals surface area contributed by atoms with Crippen LogP contribution in [0.25, 0.3) is 0 Å². The van der Waals surface area contributed by atoms with Gasteiger partial charge in [-0.25, -0.2) is 4.99 Å². The molecular formula is C6H12N3OP. The predicted octanol–water partition coefficient (Wildman–Crippen LogP) is 0.0206. The summed E-state index contributed by atoms with van der Waals surface area (Å²) in [6, 6.07) is 0. The van der Waals surface area contributed by atoms with Crippen molar-refractivity contribution in [2.24, 2.45) is 4.99 Å². The van der Waals surface area contributed by atoms with Crippen LogP contribution in [0.15, 0.2) is 4.99 Å². The molecule has 1 aliphatic heterocycles. The van der Waals surface area contributed by atoms with E-state index >= 15 is 0 Å². The monoisotopic (exact) mass is 173 g/mol. The first kappa shape index (κ1) is 8.47. The van der Waals surface area contributed by atoms with Crippen LogP contribution in [0, 0.1) is 0 Å². The van der Waals surface area contributed by atoms with Gasteiger partial charge < -0.3 is 5.09 Å². The first-order valence-corrected chi connectivity index (χ1v) is 3.97. The first-order chi connectivity index (χ1) is 5.03. The Hall–Kier alpha value is -0.630. The molecule has 1 amide bonds. The van der Waals surface area contributed by atoms with Crippen molar-refractivity contribution < 1.29 is 4.79 Å². The lowest BCUT2D eigenvalue weighted by molar-refractivity contribution is -0.121. The summed E-state index contributed by atoms with van der Waals surface area (Å²) in [6.45, 7) is 3.85. The Bertz CT molecular complexity index is 212. The molecule has 0 aromatic rings. The summed E-state index contributed by atoms with van der Waals surface area (Å²) in [7, 11) is 2.30. The number of rotatable bonds is 0. The van der Waals surface area contributed by atoms with E-state index in [1.54, 1.807) is 0 Å². The van der Waals surface area contributed by atoms with Crippen LogP contribution in [0.5, 0.6) is 0 Å². The molecule has 0 radical (unpaired) electrons. The Balaban J connectivity index is 2.82. The maximum Gasteiger partial charge on any atom is 0.229 e. The van der Waals surface area contributed by atoms with Crippen molar-refractivity contribution in [3.63, 3.8) is 0 Å². The van der Waals surface area contributed by atoms with E-state index in [9.17, 15) is 4.79 Å². The van der Waals surface area contributed by atoms with Gasteiger partial charge in [0.1, 0.15) is 0 Å². The Kier molecular flexibility index (Phi) is 2.14. The smallest absolute Gasteiger partial charge is 0.229 e. The molecule has 1 unspecified atom stereocenters. The molecule has 1 heterocycles. The normalized spacial score (nSPS) is 22.1. The minimum Gasteiger partial charge on any atom is -0.341 e. The fraction of sp³-hybridized carbons (Fsp3) is 0.667. The molecule has 1 aliphatic rings. The molecule has 5 heteroatoms. The van der Waals surface area contributed by atoms with Crippen molar-refractivity contribution in [3.8, 4) is 0 Å². The standard InChI is InChI=1S/C6H12N3OP/c1-6(2)3-4(10)7-5(8-6)9-11/h3,11H2,1-2H3,(H2,7,8,9,10). The molecule has 2 N–H and O–H groups in total. The number of nitrogens with one attached hydrogen (secondary N) is 2. The lowest BCUT2D eigenvalue weighted by Crippen LogP contribution is -2.46. The third-order valence-electron chi connectivity index (χ3n) is 1.40. The average molecular weight is 173 g/mol. The topological polar surface area (TPSA) is 53.5 Å². The lowest BCUT2D eigenvalue weighted by atomic mass is 10.0. The zero-order chi connectivity index (χ0) is 8.48. The van der Waals surface area contributed by atoms with Crippen molar-refractivity contribution in [1.29, 1.82) is 0 Å². The highest BCUT2D eigenvalue weighted by Crippen LogP contribution is 2.16. The number of carbonyl (C=O) groups is 1. The Morgan fingerprint density at radius 1 is 1.73 bits per heavy atom. The van der Waals surface area contributed by atoms with Gasteiger partial charge in [0.25, 0.3) is 0 Å². The molecule has 0 fully saturated rings. The summed E-state index contributed by atoms with van der Waals surface area (Å²) < 4.78 is 0. The predicted molar refractivity (Wildman–Crippen MR) is 47.1 cm³/mol. The fourth-order valence-corrected chi connectivity index (χ4v) is 1.14. The fourth-order valence-electron chi connectivity index (χ4n) is 1.01. The number of carbonyl (C=O) groups excluding carboxylic acids is 1. The van der Waals surface area contributed by atoms with E-state index in [4.69, 9.17) is 0 Å². The Morgan fingerprint density at radius 3 is 2.82 bits per heavy atom. The van der Waals surface area contributed by atoms with Gasteiger partial charge in [0.05, 0.1) is 12.0 Å². The largest absolute Gasteiger partial charge is 0.341 e. The van der Waals surface area contributed by atoms with E-state index < -0.39 is 0 Å². The molecule has 0 aliphatic carbocycles. The summed E-state index contributed by atoms with van der Waals surface area (Å²) >= 11 is 0. The van der Waals surface area contributed by atoms with Crippen molar-refractivity contribution in [2.45, 2.75) is 25.8 Å². The average Bonchev–Trinajstić information content (AvgIpc) is 1.83. The molecule has 0 aromatic carbocycles. The molecular weight excluding hydrogens is 161 g/mol. The van der Waals surface area contributed by atoms with Crippen molar-refractivity contribution >= 4 is 21.3 Å². The number of aliphatic imine (C=N–C) groups is 1. The highest BCUT2D eigenvalue weighted by Gasteiger charge is 2.26. The number of amides is 1. The molecule has 0 bridgehead atoms. The molecule has 62 valence electrons. The van der Waals surface area contributed by atoms with Crippen molar-refractivity contribution in [2.75, 3.05) is 0 Å². The lowest BCUT2D eigenvalue weighted by Gasteiger charge is -2.25. The van der Waals surface area contributed by atoms with Gasteiger partial charge in [0, 0.05) is 0 Å². The van der Waals surface area contributed by atoms with Gasteiger partial charge in [-0.05, 0) is 23.2 Å². The summed E-state index contributed by atoms with van der Waals surface area (Å²) in [4.78, 5) is 15.2. The number of hydrogen-bond donors (Lipinski definition) is 2. The number of nitrogens with zero attached hydrogens (tertiary/aromatic N) is 1. The number of guanidine groups is 1. The minimum absolute atomic E-state index is 0.00921. The van der Waals surface area contributed by atoms with Crippen molar-refractivity contribution in [3.05, 3.63) is 0 Å². The van der Waals surface area contributed by atoms with E-state index in [1.165, 1.54) is 0 Å². The number of hydrogen-bond acceptors (Lipinski definition) is 3. The van der Waals surface area contributed by atoms with E-state index in [0.717, 1.165) is 0 Å². The third kappa shape index (κ3) is 2.15. The van der Waals surface area contributed by atoms with Crippen LogP contribution in [0.1, 0.15) is 20.3 Å². The zero-order valence-corrected chi connectivity index (χ0v) is 7.79. The van der Waals surface area contributed by atoms with E-state index in [2.05, 4.69) is 24.8 Å². The molecule has 11 heavy (non-hydrogen) atoms. The maximum atomic E-state index is 11.0. The molecule has 0 saturated heterocycles. The van der Waals surface area contributed by atoms with Gasteiger partial charge in [0.2, 0.25) is 11.9 Å². The molecule has 0 saturated carbocycles. The third-order valence-corrected chi connectivity index (χ3v) is 1.68. The van der Waals surface area contributed by atoms with Gasteiger partial charge in [-0.2, -0.15) is 0 Å². The van der Waals surface area contributed by atoms with Crippen molar-refractivity contribution in [1.82, 2.24) is 10.4 Å². The summed E-state index contributed by atoms with van der Waals surface area (Å²) in [5.74, 6) is 0.534. The van der Waals surface area contributed by atoms with E-state index in [1.807, 2.05) is 13.8 Å². The van der Waals surface area contributed by atoms with Crippen LogP contribution in [0.2, 0.25) is 0 Å². The van der Waals surface area contributed by atoms with Crippen LogP contribution in [-0.4, -0.2) is 17.4 Å². The Labute approximate surface area is 68.1 Å². The zero-order valence-electron chi connectivity index (χ0n) is 6.64. The highest BCUT2D eigenvalue weighted by molar-refractivity contribution is 7.15. The van der Waals surface area contributed by atoms with Crippen LogP contribution >= 0.6 is 9.39 Å².